The summed E-state index contributed by atoms with van der Waals surface area (Å²) in [5.41, 5.74) is 18.4. The maximum Gasteiger partial charge on any atom is 1.00 e. The van der Waals surface area contributed by atoms with Crippen LogP contribution in [-0.2, 0) is 55.5 Å². The van der Waals surface area contributed by atoms with E-state index >= 15 is 0 Å². The molecule has 0 bridgehead atoms. The van der Waals surface area contributed by atoms with Crippen LogP contribution in [0.25, 0.3) is 10.8 Å². The summed E-state index contributed by atoms with van der Waals surface area (Å²) >= 11 is 0. The van der Waals surface area contributed by atoms with Gasteiger partial charge in [0, 0.05) is 0 Å². The van der Waals surface area contributed by atoms with Crippen molar-refractivity contribution in [3.05, 3.63) is 258 Å². The maximum absolute atomic E-state index is 12.7. The quantitative estimate of drug-likeness (QED) is 0.0237. The number of fused-ring (bicyclic) bond motifs is 3. The Labute approximate surface area is 558 Å². The molecule has 12 rings (SSSR count). The van der Waals surface area contributed by atoms with Crippen LogP contribution in [0.3, 0.4) is 0 Å². The summed E-state index contributed by atoms with van der Waals surface area (Å²) in [6.07, 6.45) is 0. The molecule has 7 aromatic heterocycles. The number of amides is 4. The number of nitrogens with zero attached hydrogens (tertiary/aromatic N) is 2. The van der Waals surface area contributed by atoms with Crippen molar-refractivity contribution in [2.45, 2.75) is 104 Å². The number of halogens is 2. The van der Waals surface area contributed by atoms with E-state index in [1.165, 1.54) is 9.80 Å². The van der Waals surface area contributed by atoms with Crippen molar-refractivity contribution in [3.8, 4) is 0 Å². The average Bonchev–Trinajstić information content (AvgIpc) is 1.73. The van der Waals surface area contributed by atoms with Crippen LogP contribution in [0.1, 0.15) is 160 Å². The number of imide groups is 2. The van der Waals surface area contributed by atoms with Crippen molar-refractivity contribution < 1.29 is 122 Å². The molecule has 0 saturated carbocycles. The minimum atomic E-state index is -0.694. The third-order valence-electron chi connectivity index (χ3n) is 14.7. The molecule has 2 aliphatic heterocycles. The van der Waals surface area contributed by atoms with Crippen LogP contribution in [0.2, 0.25) is 0 Å². The molecule has 0 unspecified atom stereocenters. The van der Waals surface area contributed by atoms with Crippen LogP contribution >= 0.6 is 0 Å². The number of quaternary nitrogens is 2. The third kappa shape index (κ3) is 16.9. The largest absolute Gasteiger partial charge is 1.00 e. The molecular weight excluding hydrogens is 1230 g/mol. The Balaban J connectivity index is 0.000000442. The molecule has 0 atom stereocenters. The van der Waals surface area contributed by atoms with Gasteiger partial charge in [0.15, 0.2) is 11.5 Å². The SMILES string of the molecule is C.CC(C)(c1ccc(CN)o1)c1ccc(CN)o1.CC(C)(c1ccc(CN2C(=O)c3ccccc3C2=O)o1)c1ccc(CN2C(=O)c3ccccc3C2=O)o1.CC(C)(c1ccc(C[NH3+])o1)c1ccc(C[NH3+])o1.NN.O.O=c1[nH][nH]c(=O)c2ccccc12.[Cl-].[Cl-].[Na+].[OH-]. The summed E-state index contributed by atoms with van der Waals surface area (Å²) in [4.78, 5) is 75.3. The van der Waals surface area contributed by atoms with Crippen LogP contribution in [0.15, 0.2) is 182 Å². The molecule has 0 aliphatic carbocycles. The molecule has 9 heterocycles. The smallest absolute Gasteiger partial charge is 1.00 e. The molecule has 4 amide bonds. The molecule has 3 aromatic carbocycles. The number of carbonyl (C=O) groups excluding carboxylic acids is 4. The fourth-order valence-corrected chi connectivity index (χ4v) is 9.51. The Morgan fingerprint density at radius 3 is 0.846 bits per heavy atom. The minimum absolute atomic E-state index is 0. The second-order valence-corrected chi connectivity index (χ2v) is 21.3. The Kier molecular flexibility index (Phi) is 29.3. The van der Waals surface area contributed by atoms with Crippen molar-refractivity contribution in [1.82, 2.24) is 20.0 Å². The van der Waals surface area contributed by atoms with Crippen LogP contribution in [0, 0.1) is 0 Å². The van der Waals surface area contributed by atoms with E-state index in [1.807, 2.05) is 76.2 Å². The molecule has 27 heteroatoms. The zero-order valence-electron chi connectivity index (χ0n) is 50.8. The second-order valence-electron chi connectivity index (χ2n) is 21.3. The van der Waals surface area contributed by atoms with Crippen molar-refractivity contribution in [1.29, 1.82) is 0 Å². The standard InChI is InChI=1S/C29H22N2O6.2C13H18N2O2.C8H6N2O2.CH4.2ClH.H4N2.Na.2H2O/c1-29(2,23-13-11-17(36-23)15-30-25(32)19-7-3-4-8-20(19)26(30)33)24-14-12-18(37-24)16-31-27(34)21-9-5-6-10-22(21)28(31)35;2*1-13(2,11-5-3-9(7-14)16-11)12-6-4-10(8-15)17-12;11-7-5-3-1-2-4-6(5)8(12)10-9-7;;;;1-2;;;/h3-14H,15-16H2,1-2H3;2*3-6H,7-8,14-15H2,1-2H3;1-4H,(H,9,11)(H,10,12);1H4;2*1H;1-2H2;;2*1H2/q;;;;;;;;+1;;/p-1. The molecule has 91 heavy (non-hydrogen) atoms. The number of rotatable bonds is 14. The van der Waals surface area contributed by atoms with Crippen molar-refractivity contribution in [2.24, 2.45) is 23.2 Å². The Bertz CT molecular complexity index is 3720. The number of aromatic amines is 2. The van der Waals surface area contributed by atoms with E-state index in [2.05, 4.69) is 47.2 Å². The first kappa shape index (κ1) is 78.9. The maximum atomic E-state index is 12.7. The van der Waals surface area contributed by atoms with Gasteiger partial charge in [0.1, 0.15) is 70.7 Å². The number of nitrogens with two attached hydrogens (primary N) is 4. The van der Waals surface area contributed by atoms with E-state index in [-0.39, 0.29) is 131 Å². The topological polar surface area (TPSA) is 440 Å². The number of benzene rings is 3. The van der Waals surface area contributed by atoms with Gasteiger partial charge in [0.05, 0.1) is 75.5 Å². The molecule has 10 aromatic rings. The summed E-state index contributed by atoms with van der Waals surface area (Å²) in [7, 11) is 0. The molecule has 0 spiro atoms. The van der Waals surface area contributed by atoms with Crippen LogP contribution in [0.4, 0.5) is 0 Å². The fraction of sp³-hybridized carbons (Fsp3) is 0.250. The van der Waals surface area contributed by atoms with Gasteiger partial charge in [-0.3, -0.25) is 60.4 Å². The van der Waals surface area contributed by atoms with Crippen LogP contribution in [-0.4, -0.2) is 54.6 Å². The van der Waals surface area contributed by atoms with Gasteiger partial charge in [0.2, 0.25) is 0 Å². The number of H-pyrrole nitrogens is 2. The third-order valence-corrected chi connectivity index (χ3v) is 14.7. The zero-order chi connectivity index (χ0) is 61.4. The summed E-state index contributed by atoms with van der Waals surface area (Å²) in [6.45, 7) is 14.3. The fourth-order valence-electron chi connectivity index (χ4n) is 9.51. The van der Waals surface area contributed by atoms with E-state index < -0.39 is 5.41 Å². The molecule has 482 valence electrons. The number of nitrogens with one attached hydrogen (secondary N) is 2. The van der Waals surface area contributed by atoms with Gasteiger partial charge in [-0.15, -0.1) is 0 Å². The molecule has 0 radical (unpaired) electrons. The summed E-state index contributed by atoms with van der Waals surface area (Å²) < 4.78 is 35.0. The molecule has 2 aliphatic rings. The van der Waals surface area contributed by atoms with E-state index in [0.29, 0.717) is 82.2 Å². The van der Waals surface area contributed by atoms with Crippen LogP contribution in [0.5, 0.6) is 0 Å². The summed E-state index contributed by atoms with van der Waals surface area (Å²) in [5.74, 6) is 15.6. The molecule has 0 saturated heterocycles. The molecular formula is C64H77Cl2N10NaO14. The van der Waals surface area contributed by atoms with Gasteiger partial charge in [-0.05, 0) is 151 Å². The van der Waals surface area contributed by atoms with E-state index in [4.69, 9.17) is 38.0 Å². The van der Waals surface area contributed by atoms with Gasteiger partial charge in [-0.2, -0.15) is 0 Å². The first-order valence-corrected chi connectivity index (χ1v) is 27.2. The van der Waals surface area contributed by atoms with Gasteiger partial charge >= 0.3 is 29.6 Å². The Morgan fingerprint density at radius 2 is 0.615 bits per heavy atom. The van der Waals surface area contributed by atoms with E-state index in [0.717, 1.165) is 46.1 Å². The van der Waals surface area contributed by atoms with Crippen molar-refractivity contribution >= 4 is 34.4 Å². The van der Waals surface area contributed by atoms with Crippen molar-refractivity contribution in [3.63, 3.8) is 0 Å². The van der Waals surface area contributed by atoms with Gasteiger partial charge in [0.25, 0.3) is 34.7 Å². The average molecular weight is 1300 g/mol. The zero-order valence-corrected chi connectivity index (χ0v) is 54.3. The Morgan fingerprint density at radius 1 is 0.396 bits per heavy atom. The number of carbonyl (C=O) groups is 4. The normalized spacial score (nSPS) is 12.0. The number of furan rings is 6. The van der Waals surface area contributed by atoms with Crippen molar-refractivity contribution in [2.75, 3.05) is 0 Å². The first-order valence-electron chi connectivity index (χ1n) is 27.2. The minimum Gasteiger partial charge on any atom is -1.00 e. The monoisotopic (exact) mass is 1300 g/mol. The summed E-state index contributed by atoms with van der Waals surface area (Å²) in [6, 6.07) is 42.8. The molecule has 19 N–H and O–H groups in total. The predicted molar refractivity (Wildman–Crippen MR) is 325 cm³/mol. The van der Waals surface area contributed by atoms with Gasteiger partial charge < -0.3 is 85.2 Å². The Hall–Kier alpha value is -8.18. The van der Waals surface area contributed by atoms with E-state index in [1.54, 1.807) is 97.1 Å². The predicted octanol–water partition coefficient (Wildman–Crippen LogP) is -2.73. The molecule has 24 nitrogen and oxygen atoms in total. The van der Waals surface area contributed by atoms with E-state index in [9.17, 15) is 28.8 Å². The number of hydrogen-bond donors (Lipinski definition) is 8. The number of hydrazine groups is 1. The second kappa shape index (κ2) is 33.8. The number of hydrogen-bond acceptors (Lipinski definition) is 17. The summed E-state index contributed by atoms with van der Waals surface area (Å²) in [5, 5.41) is 5.33. The van der Waals surface area contributed by atoms with Gasteiger partial charge in [-0.25, -0.2) is 0 Å². The van der Waals surface area contributed by atoms with Gasteiger partial charge in [-0.1, -0.05) is 43.8 Å². The van der Waals surface area contributed by atoms with Crippen LogP contribution < -0.4 is 100 Å². The molecule has 0 fully saturated rings. The number of aromatic nitrogens is 2. The first-order chi connectivity index (χ1) is 40.7.